The molecule has 0 spiro atoms. The molecule has 0 aromatic heterocycles. The van der Waals surface area contributed by atoms with Gasteiger partial charge in [-0.25, -0.2) is 4.79 Å². The van der Waals surface area contributed by atoms with Crippen molar-refractivity contribution in [1.29, 1.82) is 5.26 Å². The third-order valence-corrected chi connectivity index (χ3v) is 3.37. The maximum atomic E-state index is 12.1. The molecule has 2 aromatic carbocycles. The zero-order chi connectivity index (χ0) is 17.7. The fourth-order valence-electron chi connectivity index (χ4n) is 1.87. The van der Waals surface area contributed by atoms with Crippen molar-refractivity contribution in [2.75, 3.05) is 5.32 Å². The Morgan fingerprint density at radius 1 is 1.29 bits per heavy atom. The highest BCUT2D eigenvalue weighted by Crippen LogP contribution is 2.23. The van der Waals surface area contributed by atoms with Crippen molar-refractivity contribution in [3.05, 3.63) is 58.6 Å². The van der Waals surface area contributed by atoms with Crippen molar-refractivity contribution >= 4 is 29.2 Å². The van der Waals surface area contributed by atoms with Gasteiger partial charge in [0, 0.05) is 5.02 Å². The van der Waals surface area contributed by atoms with Gasteiger partial charge in [0.25, 0.3) is 5.91 Å². The summed E-state index contributed by atoms with van der Waals surface area (Å²) in [6.45, 7) is 1.38. The zero-order valence-electron chi connectivity index (χ0n) is 12.6. The lowest BCUT2D eigenvalue weighted by atomic mass is 10.2. The maximum absolute atomic E-state index is 12.1. The van der Waals surface area contributed by atoms with E-state index in [4.69, 9.17) is 21.6 Å². The van der Waals surface area contributed by atoms with Crippen LogP contribution in [-0.4, -0.2) is 23.1 Å². The summed E-state index contributed by atoms with van der Waals surface area (Å²) >= 11 is 5.77. The molecular weight excluding hydrogens is 332 g/mol. The zero-order valence-corrected chi connectivity index (χ0v) is 13.4. The molecule has 0 aliphatic carbocycles. The second-order valence-electron chi connectivity index (χ2n) is 4.86. The van der Waals surface area contributed by atoms with Gasteiger partial charge in [-0.05, 0) is 37.3 Å². The Labute approximate surface area is 143 Å². The number of esters is 1. The smallest absolute Gasteiger partial charge is 0.342 e. The lowest BCUT2D eigenvalue weighted by Gasteiger charge is -2.14. The van der Waals surface area contributed by atoms with Crippen LogP contribution in [0.3, 0.4) is 0 Å². The number of nitrogens with one attached hydrogen (secondary N) is 1. The molecule has 7 heteroatoms. The summed E-state index contributed by atoms with van der Waals surface area (Å²) in [5.41, 5.74) is 0.468. The van der Waals surface area contributed by atoms with Crippen LogP contribution in [0.1, 0.15) is 22.8 Å². The number of ether oxygens (including phenoxy) is 1. The molecule has 0 heterocycles. The number of aromatic hydroxyl groups is 1. The Morgan fingerprint density at radius 2 is 2.00 bits per heavy atom. The first-order chi connectivity index (χ1) is 11.4. The molecule has 2 rings (SSSR count). The lowest BCUT2D eigenvalue weighted by molar-refractivity contribution is -0.123. The van der Waals surface area contributed by atoms with E-state index in [1.54, 1.807) is 24.3 Å². The summed E-state index contributed by atoms with van der Waals surface area (Å²) < 4.78 is 5.03. The van der Waals surface area contributed by atoms with Gasteiger partial charge in [0.05, 0.1) is 11.3 Å². The average molecular weight is 345 g/mol. The number of amides is 1. The molecule has 0 radical (unpaired) electrons. The van der Waals surface area contributed by atoms with Crippen LogP contribution in [0, 0.1) is 11.3 Å². The van der Waals surface area contributed by atoms with Crippen LogP contribution >= 0.6 is 11.6 Å². The van der Waals surface area contributed by atoms with E-state index in [1.165, 1.54) is 25.1 Å². The van der Waals surface area contributed by atoms with Crippen molar-refractivity contribution in [3.63, 3.8) is 0 Å². The number of nitriles is 1. The first-order valence-electron chi connectivity index (χ1n) is 6.92. The number of nitrogens with zero attached hydrogens (tertiary/aromatic N) is 1. The van der Waals surface area contributed by atoms with Gasteiger partial charge in [-0.2, -0.15) is 5.26 Å². The number of rotatable bonds is 4. The molecule has 24 heavy (non-hydrogen) atoms. The number of phenolic OH excluding ortho intramolecular Hbond substituents is 1. The highest BCUT2D eigenvalue weighted by Gasteiger charge is 2.22. The number of anilines is 1. The molecule has 0 saturated heterocycles. The Kier molecular flexibility index (Phi) is 5.40. The van der Waals surface area contributed by atoms with Crippen molar-refractivity contribution < 1.29 is 19.4 Å². The van der Waals surface area contributed by atoms with Gasteiger partial charge < -0.3 is 15.2 Å². The summed E-state index contributed by atoms with van der Waals surface area (Å²) in [5, 5.41) is 21.4. The number of hydrogen-bond acceptors (Lipinski definition) is 5. The number of halogens is 1. The number of hydrogen-bond donors (Lipinski definition) is 2. The summed E-state index contributed by atoms with van der Waals surface area (Å²) in [6.07, 6.45) is -1.14. The van der Waals surface area contributed by atoms with Crippen LogP contribution < -0.4 is 5.32 Å². The summed E-state index contributed by atoms with van der Waals surface area (Å²) in [6, 6.07) is 12.3. The van der Waals surface area contributed by atoms with E-state index in [1.807, 2.05) is 6.07 Å². The third kappa shape index (κ3) is 4.03. The van der Waals surface area contributed by atoms with Crippen molar-refractivity contribution in [3.8, 4) is 11.8 Å². The molecule has 1 atom stereocenters. The molecule has 1 amide bonds. The fraction of sp³-hybridized carbons (Fsp3) is 0.118. The predicted octanol–water partition coefficient (Wildman–Crippen LogP) is 3.10. The topological polar surface area (TPSA) is 99.4 Å². The van der Waals surface area contributed by atoms with Crippen LogP contribution in [-0.2, 0) is 9.53 Å². The standard InChI is InChI=1S/C17H13ClN2O4/c1-10(16(22)20-14-5-3-2-4-11(14)9-19)24-17(23)13-8-12(18)6-7-15(13)21/h2-8,10,21H,1H3,(H,20,22)/t10-/m1/s1. The molecule has 122 valence electrons. The monoisotopic (exact) mass is 344 g/mol. The quantitative estimate of drug-likeness (QED) is 0.830. The molecule has 0 fully saturated rings. The largest absolute Gasteiger partial charge is 0.507 e. The number of carbonyl (C=O) groups is 2. The number of para-hydroxylation sites is 1. The lowest BCUT2D eigenvalue weighted by Crippen LogP contribution is -2.30. The molecule has 0 saturated carbocycles. The average Bonchev–Trinajstić information content (AvgIpc) is 2.57. The Balaban J connectivity index is 2.07. The predicted molar refractivity (Wildman–Crippen MR) is 87.8 cm³/mol. The molecule has 0 aliphatic rings. The molecule has 6 nitrogen and oxygen atoms in total. The minimum absolute atomic E-state index is 0.139. The Bertz CT molecular complexity index is 830. The van der Waals surface area contributed by atoms with E-state index < -0.39 is 18.0 Å². The minimum atomic E-state index is -1.14. The number of carbonyl (C=O) groups excluding carboxylic acids is 2. The normalized spacial score (nSPS) is 11.2. The minimum Gasteiger partial charge on any atom is -0.507 e. The van der Waals surface area contributed by atoms with Gasteiger partial charge in [0.15, 0.2) is 6.10 Å². The highest BCUT2D eigenvalue weighted by atomic mass is 35.5. The highest BCUT2D eigenvalue weighted by molar-refractivity contribution is 6.31. The second-order valence-corrected chi connectivity index (χ2v) is 5.29. The fourth-order valence-corrected chi connectivity index (χ4v) is 2.05. The first-order valence-corrected chi connectivity index (χ1v) is 7.29. The van der Waals surface area contributed by atoms with E-state index in [9.17, 15) is 14.7 Å². The molecule has 0 unspecified atom stereocenters. The summed E-state index contributed by atoms with van der Waals surface area (Å²) in [4.78, 5) is 24.1. The van der Waals surface area contributed by atoms with E-state index in [0.717, 1.165) is 0 Å². The molecular formula is C17H13ClN2O4. The van der Waals surface area contributed by atoms with Gasteiger partial charge in [-0.3, -0.25) is 4.79 Å². The van der Waals surface area contributed by atoms with E-state index >= 15 is 0 Å². The van der Waals surface area contributed by atoms with E-state index in [0.29, 0.717) is 5.69 Å². The molecule has 0 bridgehead atoms. The van der Waals surface area contributed by atoms with Crippen molar-refractivity contribution in [2.24, 2.45) is 0 Å². The summed E-state index contributed by atoms with van der Waals surface area (Å²) in [7, 11) is 0. The van der Waals surface area contributed by atoms with Gasteiger partial charge in [0.2, 0.25) is 0 Å². The molecule has 2 aromatic rings. The SMILES string of the molecule is C[C@@H](OC(=O)c1cc(Cl)ccc1O)C(=O)Nc1ccccc1C#N. The first kappa shape index (κ1) is 17.3. The van der Waals surface area contributed by atoms with Gasteiger partial charge in [-0.1, -0.05) is 23.7 Å². The Morgan fingerprint density at radius 3 is 2.71 bits per heavy atom. The van der Waals surface area contributed by atoms with E-state index in [-0.39, 0.29) is 21.9 Å². The molecule has 2 N–H and O–H groups in total. The number of benzene rings is 2. The number of phenols is 1. The van der Waals surface area contributed by atoms with Crippen LogP contribution in [0.5, 0.6) is 5.75 Å². The van der Waals surface area contributed by atoms with E-state index in [2.05, 4.69) is 5.32 Å². The third-order valence-electron chi connectivity index (χ3n) is 3.14. The van der Waals surface area contributed by atoms with Gasteiger partial charge in [-0.15, -0.1) is 0 Å². The van der Waals surface area contributed by atoms with Crippen molar-refractivity contribution in [2.45, 2.75) is 13.0 Å². The molecule has 0 aliphatic heterocycles. The Hall–Kier alpha value is -3.04. The van der Waals surface area contributed by atoms with Crippen LogP contribution in [0.4, 0.5) is 5.69 Å². The second kappa shape index (κ2) is 7.49. The van der Waals surface area contributed by atoms with Crippen molar-refractivity contribution in [1.82, 2.24) is 0 Å². The van der Waals surface area contributed by atoms with Crippen LogP contribution in [0.2, 0.25) is 5.02 Å². The van der Waals surface area contributed by atoms with Crippen LogP contribution in [0.15, 0.2) is 42.5 Å². The maximum Gasteiger partial charge on any atom is 0.342 e. The summed E-state index contributed by atoms with van der Waals surface area (Å²) in [5.74, 6) is -1.79. The van der Waals surface area contributed by atoms with Gasteiger partial charge >= 0.3 is 5.97 Å². The van der Waals surface area contributed by atoms with Gasteiger partial charge in [0.1, 0.15) is 17.4 Å². The van der Waals surface area contributed by atoms with Crippen LogP contribution in [0.25, 0.3) is 0 Å².